The molecule has 3 aromatic rings. The molecule has 0 aliphatic rings. The molecule has 2 N–H and O–H groups in total. The van der Waals surface area contributed by atoms with E-state index in [9.17, 15) is 13.2 Å². The molecule has 160 valence electrons. The van der Waals surface area contributed by atoms with Gasteiger partial charge in [0, 0.05) is 11.8 Å². The van der Waals surface area contributed by atoms with Gasteiger partial charge < -0.3 is 10.1 Å². The van der Waals surface area contributed by atoms with Crippen molar-refractivity contribution in [3.05, 3.63) is 89.5 Å². The number of amides is 1. The number of aryl methyl sites for hydroxylation is 2. The van der Waals surface area contributed by atoms with Crippen LogP contribution in [0.5, 0.6) is 5.75 Å². The second kappa shape index (κ2) is 9.49. The van der Waals surface area contributed by atoms with Gasteiger partial charge in [0.05, 0.1) is 17.7 Å². The number of carbonyl (C=O) groups is 1. The number of carbonyl (C=O) groups excluding carboxylic acids is 1. The number of benzene rings is 3. The SMILES string of the molecule is COc1ccc(C=CC(=O)Nc2ccc(S(=O)(=O)Nc3c(C)cccc3C)cc2)cc1. The molecule has 0 fully saturated rings. The number of anilines is 2. The van der Waals surface area contributed by atoms with E-state index in [1.54, 1.807) is 25.3 Å². The minimum Gasteiger partial charge on any atom is -0.497 e. The minimum absolute atomic E-state index is 0.113. The molecule has 7 heteroatoms. The maximum absolute atomic E-state index is 12.7. The van der Waals surface area contributed by atoms with Crippen molar-refractivity contribution in [2.24, 2.45) is 0 Å². The number of para-hydroxylation sites is 1. The van der Waals surface area contributed by atoms with Crippen molar-refractivity contribution in [3.8, 4) is 5.75 Å². The van der Waals surface area contributed by atoms with Crippen LogP contribution in [0, 0.1) is 13.8 Å². The van der Waals surface area contributed by atoms with E-state index in [0.717, 1.165) is 22.4 Å². The Morgan fingerprint density at radius 3 is 2.10 bits per heavy atom. The second-order valence-electron chi connectivity index (χ2n) is 6.99. The van der Waals surface area contributed by atoms with Gasteiger partial charge >= 0.3 is 0 Å². The van der Waals surface area contributed by atoms with Crippen LogP contribution in [0.4, 0.5) is 11.4 Å². The molecule has 0 aliphatic carbocycles. The summed E-state index contributed by atoms with van der Waals surface area (Å²) in [5, 5.41) is 2.72. The smallest absolute Gasteiger partial charge is 0.261 e. The molecule has 0 atom stereocenters. The standard InChI is InChI=1S/C24H24N2O4S/c1-17-5-4-6-18(2)24(17)26-31(28,29)22-14-10-20(11-15-22)25-23(27)16-9-19-7-12-21(30-3)13-8-19/h4-16,26H,1-3H3,(H,25,27). The van der Waals surface area contributed by atoms with Gasteiger partial charge in [0.15, 0.2) is 0 Å². The van der Waals surface area contributed by atoms with Crippen molar-refractivity contribution >= 4 is 33.4 Å². The van der Waals surface area contributed by atoms with E-state index in [-0.39, 0.29) is 10.8 Å². The summed E-state index contributed by atoms with van der Waals surface area (Å²) >= 11 is 0. The summed E-state index contributed by atoms with van der Waals surface area (Å²) in [5.74, 6) is 0.420. The Morgan fingerprint density at radius 1 is 0.903 bits per heavy atom. The third-order valence-corrected chi connectivity index (χ3v) is 6.06. The second-order valence-corrected chi connectivity index (χ2v) is 8.67. The Labute approximate surface area is 182 Å². The van der Waals surface area contributed by atoms with E-state index in [4.69, 9.17) is 4.74 Å². The molecule has 0 aromatic heterocycles. The largest absolute Gasteiger partial charge is 0.497 e. The third kappa shape index (κ3) is 5.73. The molecule has 1 amide bonds. The van der Waals surface area contributed by atoms with E-state index in [0.29, 0.717) is 11.4 Å². The number of sulfonamides is 1. The van der Waals surface area contributed by atoms with Crippen LogP contribution in [0.25, 0.3) is 6.08 Å². The summed E-state index contributed by atoms with van der Waals surface area (Å²) in [6.07, 6.45) is 3.09. The quantitative estimate of drug-likeness (QED) is 0.523. The lowest BCUT2D eigenvalue weighted by atomic mass is 10.1. The third-order valence-electron chi connectivity index (χ3n) is 4.69. The van der Waals surface area contributed by atoms with Gasteiger partial charge in [-0.15, -0.1) is 0 Å². The number of ether oxygens (including phenoxy) is 1. The van der Waals surface area contributed by atoms with Gasteiger partial charge in [0.25, 0.3) is 10.0 Å². The van der Waals surface area contributed by atoms with E-state index < -0.39 is 10.0 Å². The fraction of sp³-hybridized carbons (Fsp3) is 0.125. The van der Waals surface area contributed by atoms with Crippen LogP contribution < -0.4 is 14.8 Å². The molecule has 3 rings (SSSR count). The van der Waals surface area contributed by atoms with Gasteiger partial charge in [-0.05, 0) is 73.0 Å². The van der Waals surface area contributed by atoms with E-state index in [1.165, 1.54) is 18.2 Å². The van der Waals surface area contributed by atoms with Crippen molar-refractivity contribution in [2.75, 3.05) is 17.1 Å². The molecular weight excluding hydrogens is 412 g/mol. The van der Waals surface area contributed by atoms with Gasteiger partial charge in [0.2, 0.25) is 5.91 Å². The number of hydrogen-bond acceptors (Lipinski definition) is 4. The van der Waals surface area contributed by atoms with Crippen molar-refractivity contribution in [3.63, 3.8) is 0 Å². The maximum Gasteiger partial charge on any atom is 0.261 e. The first-order valence-corrected chi connectivity index (χ1v) is 11.1. The highest BCUT2D eigenvalue weighted by Gasteiger charge is 2.16. The fourth-order valence-corrected chi connectivity index (χ4v) is 4.16. The molecule has 0 saturated carbocycles. The summed E-state index contributed by atoms with van der Waals surface area (Å²) in [5.41, 5.74) is 3.61. The molecule has 0 spiro atoms. The topological polar surface area (TPSA) is 84.5 Å². The average Bonchev–Trinajstić information content (AvgIpc) is 2.76. The summed E-state index contributed by atoms with van der Waals surface area (Å²) in [4.78, 5) is 12.3. The molecule has 31 heavy (non-hydrogen) atoms. The monoisotopic (exact) mass is 436 g/mol. The molecule has 6 nitrogen and oxygen atoms in total. The summed E-state index contributed by atoms with van der Waals surface area (Å²) in [7, 11) is -2.15. The Kier molecular flexibility index (Phi) is 6.77. The highest BCUT2D eigenvalue weighted by atomic mass is 32.2. The zero-order valence-electron chi connectivity index (χ0n) is 17.5. The van der Waals surface area contributed by atoms with Gasteiger partial charge in [-0.3, -0.25) is 9.52 Å². The first kappa shape index (κ1) is 22.1. The predicted octanol–water partition coefficient (Wildman–Crippen LogP) is 4.76. The lowest BCUT2D eigenvalue weighted by molar-refractivity contribution is -0.111. The molecule has 0 heterocycles. The zero-order chi connectivity index (χ0) is 22.4. The normalized spacial score (nSPS) is 11.3. The van der Waals surface area contributed by atoms with Gasteiger partial charge in [0.1, 0.15) is 5.75 Å². The number of nitrogens with one attached hydrogen (secondary N) is 2. The maximum atomic E-state index is 12.7. The van der Waals surface area contributed by atoms with Crippen molar-refractivity contribution in [1.82, 2.24) is 0 Å². The molecule has 0 radical (unpaired) electrons. The van der Waals surface area contributed by atoms with E-state index >= 15 is 0 Å². The Morgan fingerprint density at radius 2 is 1.52 bits per heavy atom. The molecule has 0 aliphatic heterocycles. The highest BCUT2D eigenvalue weighted by molar-refractivity contribution is 7.92. The van der Waals surface area contributed by atoms with Gasteiger partial charge in [-0.1, -0.05) is 30.3 Å². The van der Waals surface area contributed by atoms with Crippen LogP contribution >= 0.6 is 0 Å². The van der Waals surface area contributed by atoms with Crippen molar-refractivity contribution in [2.45, 2.75) is 18.7 Å². The predicted molar refractivity (Wildman–Crippen MR) is 124 cm³/mol. The van der Waals surface area contributed by atoms with Crippen molar-refractivity contribution in [1.29, 1.82) is 0 Å². The number of methoxy groups -OCH3 is 1. The molecular formula is C24H24N2O4S. The lowest BCUT2D eigenvalue weighted by Gasteiger charge is -2.13. The minimum atomic E-state index is -3.74. The van der Waals surface area contributed by atoms with Crippen LogP contribution in [0.3, 0.4) is 0 Å². The summed E-state index contributed by atoms with van der Waals surface area (Å²) < 4.78 is 33.2. The fourth-order valence-electron chi connectivity index (χ4n) is 2.96. The van der Waals surface area contributed by atoms with E-state index in [2.05, 4.69) is 10.0 Å². The molecule has 0 saturated heterocycles. The first-order valence-electron chi connectivity index (χ1n) is 9.61. The summed E-state index contributed by atoms with van der Waals surface area (Å²) in [6.45, 7) is 3.70. The number of rotatable bonds is 7. The van der Waals surface area contributed by atoms with Gasteiger partial charge in [-0.25, -0.2) is 8.42 Å². The lowest BCUT2D eigenvalue weighted by Crippen LogP contribution is -2.15. The van der Waals surface area contributed by atoms with Crippen LogP contribution in [0.2, 0.25) is 0 Å². The van der Waals surface area contributed by atoms with Crippen molar-refractivity contribution < 1.29 is 17.9 Å². The molecule has 3 aromatic carbocycles. The molecule has 0 unspecified atom stereocenters. The van der Waals surface area contributed by atoms with Crippen LogP contribution in [0.15, 0.2) is 77.7 Å². The number of hydrogen-bond donors (Lipinski definition) is 2. The van der Waals surface area contributed by atoms with Crippen LogP contribution in [0.1, 0.15) is 16.7 Å². The van der Waals surface area contributed by atoms with E-state index in [1.807, 2.05) is 56.3 Å². The Hall–Kier alpha value is -3.58. The Bertz CT molecular complexity index is 1180. The van der Waals surface area contributed by atoms with Gasteiger partial charge in [-0.2, -0.15) is 0 Å². The summed E-state index contributed by atoms with van der Waals surface area (Å²) in [6, 6.07) is 18.9. The van der Waals surface area contributed by atoms with Crippen LogP contribution in [-0.2, 0) is 14.8 Å². The Balaban J connectivity index is 1.66. The average molecular weight is 437 g/mol. The van der Waals surface area contributed by atoms with Crippen LogP contribution in [-0.4, -0.2) is 21.4 Å². The first-order chi connectivity index (χ1) is 14.8. The highest BCUT2D eigenvalue weighted by Crippen LogP contribution is 2.24. The molecule has 0 bridgehead atoms. The zero-order valence-corrected chi connectivity index (χ0v) is 18.4.